The molecule has 2 aromatic rings. The van der Waals surface area contributed by atoms with Crippen LogP contribution in [0.25, 0.3) is 0 Å². The molecular formula is C23H24Cl2N4O4S. The molecule has 34 heavy (non-hydrogen) atoms. The summed E-state index contributed by atoms with van der Waals surface area (Å²) in [5.41, 5.74) is 5.97. The van der Waals surface area contributed by atoms with Crippen LogP contribution in [0.1, 0.15) is 24.8 Å². The summed E-state index contributed by atoms with van der Waals surface area (Å²) in [7, 11) is 0. The fourth-order valence-corrected chi connectivity index (χ4v) is 3.98. The van der Waals surface area contributed by atoms with Gasteiger partial charge < -0.3 is 15.0 Å². The van der Waals surface area contributed by atoms with E-state index in [1.807, 2.05) is 30.3 Å². The number of halogens is 2. The van der Waals surface area contributed by atoms with Crippen molar-refractivity contribution in [1.29, 1.82) is 0 Å². The third kappa shape index (κ3) is 7.86. The summed E-state index contributed by atoms with van der Waals surface area (Å²) >= 11 is 16.9. The van der Waals surface area contributed by atoms with E-state index in [0.717, 1.165) is 5.56 Å². The standard InChI is InChI=1S/C23H24Cl2N4O4S/c24-17-8-9-19(18(25)12-17)33-10-4-7-20(30)26-23(34)28-27-22(32)16-11-21(31)29(14-16)13-15-5-2-1-3-6-15/h1-3,5-6,8-9,12,16H,4,7,10-11,13-14H2,(H,27,32)(H2,26,28,30,34). The molecule has 1 atom stereocenters. The third-order valence-electron chi connectivity index (χ3n) is 5.05. The Kier molecular flexibility index (Phi) is 9.50. The molecule has 3 N–H and O–H groups in total. The van der Waals surface area contributed by atoms with Gasteiger partial charge in [-0.2, -0.15) is 0 Å². The van der Waals surface area contributed by atoms with Crippen LogP contribution in [0.3, 0.4) is 0 Å². The molecule has 2 aromatic carbocycles. The predicted octanol–water partition coefficient (Wildman–Crippen LogP) is 3.22. The van der Waals surface area contributed by atoms with E-state index in [1.54, 1.807) is 23.1 Å². The molecule has 11 heteroatoms. The van der Waals surface area contributed by atoms with Gasteiger partial charge in [-0.3, -0.25) is 25.2 Å². The molecule has 1 aliphatic rings. The van der Waals surface area contributed by atoms with Crippen LogP contribution in [0.2, 0.25) is 10.0 Å². The van der Waals surface area contributed by atoms with E-state index < -0.39 is 5.92 Å². The Balaban J connectivity index is 1.32. The van der Waals surface area contributed by atoms with Gasteiger partial charge in [0, 0.05) is 31.0 Å². The van der Waals surface area contributed by atoms with E-state index in [2.05, 4.69) is 16.2 Å². The molecule has 8 nitrogen and oxygen atoms in total. The number of nitrogens with one attached hydrogen (secondary N) is 3. The van der Waals surface area contributed by atoms with Gasteiger partial charge in [0.15, 0.2) is 5.11 Å². The summed E-state index contributed by atoms with van der Waals surface area (Å²) in [5, 5.41) is 3.35. The fraction of sp³-hybridized carbons (Fsp3) is 0.304. The molecular weight excluding hydrogens is 499 g/mol. The molecule has 0 spiro atoms. The lowest BCUT2D eigenvalue weighted by Crippen LogP contribution is -2.50. The van der Waals surface area contributed by atoms with Crippen LogP contribution in [0.5, 0.6) is 5.75 Å². The lowest BCUT2D eigenvalue weighted by Gasteiger charge is -2.17. The van der Waals surface area contributed by atoms with Crippen molar-refractivity contribution in [2.45, 2.75) is 25.8 Å². The lowest BCUT2D eigenvalue weighted by atomic mass is 10.1. The van der Waals surface area contributed by atoms with Gasteiger partial charge in [0.05, 0.1) is 17.5 Å². The van der Waals surface area contributed by atoms with Crippen molar-refractivity contribution in [3.63, 3.8) is 0 Å². The molecule has 1 aliphatic heterocycles. The van der Waals surface area contributed by atoms with E-state index in [0.29, 0.717) is 35.3 Å². The number of hydrogen-bond donors (Lipinski definition) is 3. The Labute approximate surface area is 212 Å². The van der Waals surface area contributed by atoms with E-state index in [-0.39, 0.29) is 42.3 Å². The van der Waals surface area contributed by atoms with Crippen molar-refractivity contribution in [2.24, 2.45) is 5.92 Å². The van der Waals surface area contributed by atoms with Crippen LogP contribution >= 0.6 is 35.4 Å². The summed E-state index contributed by atoms with van der Waals surface area (Å²) in [6, 6.07) is 14.5. The lowest BCUT2D eigenvalue weighted by molar-refractivity contribution is -0.129. The highest BCUT2D eigenvalue weighted by Crippen LogP contribution is 2.27. The fourth-order valence-electron chi connectivity index (χ4n) is 3.35. The predicted molar refractivity (Wildman–Crippen MR) is 133 cm³/mol. The Hall–Kier alpha value is -2.88. The number of likely N-dealkylation sites (tertiary alicyclic amines) is 1. The van der Waals surface area contributed by atoms with Crippen molar-refractivity contribution < 1.29 is 19.1 Å². The van der Waals surface area contributed by atoms with E-state index in [4.69, 9.17) is 40.2 Å². The Morgan fingerprint density at radius 3 is 2.62 bits per heavy atom. The zero-order chi connectivity index (χ0) is 24.5. The SMILES string of the molecule is O=C(CCCOc1ccc(Cl)cc1Cl)NC(=S)NNC(=O)C1CC(=O)N(Cc2ccccc2)C1. The topological polar surface area (TPSA) is 99.8 Å². The largest absolute Gasteiger partial charge is 0.492 e. The number of hydrazine groups is 1. The minimum atomic E-state index is -0.501. The van der Waals surface area contributed by atoms with Crippen molar-refractivity contribution in [3.05, 3.63) is 64.1 Å². The molecule has 3 amide bonds. The molecule has 3 rings (SSSR count). The maximum atomic E-state index is 12.4. The normalized spacial score (nSPS) is 15.1. The first-order valence-corrected chi connectivity index (χ1v) is 11.8. The molecule has 1 saturated heterocycles. The number of amides is 3. The average molecular weight is 523 g/mol. The summed E-state index contributed by atoms with van der Waals surface area (Å²) in [5.74, 6) is -0.795. The van der Waals surface area contributed by atoms with E-state index >= 15 is 0 Å². The molecule has 0 saturated carbocycles. The van der Waals surface area contributed by atoms with Gasteiger partial charge in [-0.15, -0.1) is 0 Å². The van der Waals surface area contributed by atoms with E-state index in [9.17, 15) is 14.4 Å². The molecule has 1 heterocycles. The van der Waals surface area contributed by atoms with Gasteiger partial charge in [-0.05, 0) is 42.4 Å². The summed E-state index contributed by atoms with van der Waals surface area (Å²) in [6.07, 6.45) is 0.713. The monoisotopic (exact) mass is 522 g/mol. The summed E-state index contributed by atoms with van der Waals surface area (Å²) in [6.45, 7) is 1.05. The molecule has 1 fully saturated rings. The van der Waals surface area contributed by atoms with Crippen LogP contribution in [-0.4, -0.2) is 40.9 Å². The number of carbonyl (C=O) groups excluding carboxylic acids is 3. The maximum absolute atomic E-state index is 12.4. The minimum Gasteiger partial charge on any atom is -0.492 e. The second kappa shape index (κ2) is 12.5. The maximum Gasteiger partial charge on any atom is 0.243 e. The average Bonchev–Trinajstić information content (AvgIpc) is 3.17. The third-order valence-corrected chi connectivity index (χ3v) is 5.79. The van der Waals surface area contributed by atoms with Gasteiger partial charge in [-0.25, -0.2) is 0 Å². The Bertz CT molecular complexity index is 1050. The van der Waals surface area contributed by atoms with Crippen molar-refractivity contribution >= 4 is 58.3 Å². The number of hydrogen-bond acceptors (Lipinski definition) is 5. The number of ether oxygens (including phenoxy) is 1. The second-order valence-corrected chi connectivity index (χ2v) is 8.93. The quantitative estimate of drug-likeness (QED) is 0.279. The Morgan fingerprint density at radius 2 is 1.88 bits per heavy atom. The zero-order valence-corrected chi connectivity index (χ0v) is 20.5. The first-order valence-electron chi connectivity index (χ1n) is 10.6. The van der Waals surface area contributed by atoms with Crippen LogP contribution in [0.4, 0.5) is 0 Å². The molecule has 180 valence electrons. The van der Waals surface area contributed by atoms with Crippen LogP contribution in [-0.2, 0) is 20.9 Å². The first kappa shape index (κ1) is 25.7. The van der Waals surface area contributed by atoms with Crippen molar-refractivity contribution in [1.82, 2.24) is 21.1 Å². The van der Waals surface area contributed by atoms with E-state index in [1.165, 1.54) is 0 Å². The molecule has 0 aromatic heterocycles. The van der Waals surface area contributed by atoms with Gasteiger partial charge in [0.1, 0.15) is 5.75 Å². The summed E-state index contributed by atoms with van der Waals surface area (Å²) < 4.78 is 5.53. The number of carbonyl (C=O) groups is 3. The van der Waals surface area contributed by atoms with Gasteiger partial charge in [-0.1, -0.05) is 53.5 Å². The zero-order valence-electron chi connectivity index (χ0n) is 18.2. The van der Waals surface area contributed by atoms with Crippen LogP contribution in [0, 0.1) is 5.92 Å². The molecule has 1 unspecified atom stereocenters. The second-order valence-electron chi connectivity index (χ2n) is 7.68. The first-order chi connectivity index (χ1) is 16.3. The molecule has 0 bridgehead atoms. The van der Waals surface area contributed by atoms with Crippen LogP contribution < -0.4 is 20.9 Å². The Morgan fingerprint density at radius 1 is 1.12 bits per heavy atom. The number of rotatable bonds is 8. The highest BCUT2D eigenvalue weighted by molar-refractivity contribution is 7.80. The number of nitrogens with zero attached hydrogens (tertiary/aromatic N) is 1. The number of thiocarbonyl (C=S) groups is 1. The van der Waals surface area contributed by atoms with Crippen molar-refractivity contribution in [2.75, 3.05) is 13.2 Å². The van der Waals surface area contributed by atoms with Crippen molar-refractivity contribution in [3.8, 4) is 5.75 Å². The molecule has 0 aliphatic carbocycles. The molecule has 0 radical (unpaired) electrons. The van der Waals surface area contributed by atoms with Gasteiger partial charge in [0.2, 0.25) is 17.7 Å². The highest BCUT2D eigenvalue weighted by atomic mass is 35.5. The van der Waals surface area contributed by atoms with Crippen LogP contribution in [0.15, 0.2) is 48.5 Å². The van der Waals surface area contributed by atoms with Gasteiger partial charge >= 0.3 is 0 Å². The minimum absolute atomic E-state index is 0.0366. The summed E-state index contributed by atoms with van der Waals surface area (Å²) in [4.78, 5) is 38.3. The smallest absolute Gasteiger partial charge is 0.243 e. The number of benzene rings is 2. The van der Waals surface area contributed by atoms with Gasteiger partial charge in [0.25, 0.3) is 0 Å². The highest BCUT2D eigenvalue weighted by Gasteiger charge is 2.34.